The molecule has 3 heteroatoms. The lowest BCUT2D eigenvalue weighted by Gasteiger charge is -2.40. The molecule has 100 valence electrons. The Morgan fingerprint density at radius 3 is 2.94 bits per heavy atom. The third kappa shape index (κ3) is 3.79. The van der Waals surface area contributed by atoms with E-state index in [1.807, 2.05) is 12.3 Å². The van der Waals surface area contributed by atoms with E-state index in [4.69, 9.17) is 0 Å². The van der Waals surface area contributed by atoms with E-state index in [1.165, 1.54) is 12.1 Å². The van der Waals surface area contributed by atoms with Gasteiger partial charge in [-0.2, -0.15) is 0 Å². The van der Waals surface area contributed by atoms with Crippen molar-refractivity contribution in [2.75, 3.05) is 13.1 Å². The van der Waals surface area contributed by atoms with Crippen LogP contribution in [0.1, 0.15) is 32.9 Å². The molecule has 1 saturated heterocycles. The Kier molecular flexibility index (Phi) is 4.72. The second-order valence-electron chi connectivity index (χ2n) is 5.84. The average Bonchev–Trinajstić information content (AvgIpc) is 2.33. The van der Waals surface area contributed by atoms with E-state index < -0.39 is 0 Å². The highest BCUT2D eigenvalue weighted by molar-refractivity contribution is 5.04. The first-order valence-electron chi connectivity index (χ1n) is 7.02. The highest BCUT2D eigenvalue weighted by Gasteiger charge is 2.26. The molecular formula is C15H25N3. The summed E-state index contributed by atoms with van der Waals surface area (Å²) in [5.74, 6) is 0.747. The van der Waals surface area contributed by atoms with Gasteiger partial charge in [0.05, 0.1) is 5.69 Å². The minimum Gasteiger partial charge on any atom is -0.311 e. The molecule has 2 rings (SSSR count). The Morgan fingerprint density at radius 2 is 2.28 bits per heavy atom. The lowest BCUT2D eigenvalue weighted by molar-refractivity contribution is 0.110. The van der Waals surface area contributed by atoms with Crippen molar-refractivity contribution in [3.05, 3.63) is 30.1 Å². The summed E-state index contributed by atoms with van der Waals surface area (Å²) in [4.78, 5) is 7.04. The van der Waals surface area contributed by atoms with Crippen molar-refractivity contribution < 1.29 is 0 Å². The van der Waals surface area contributed by atoms with Crippen LogP contribution in [0.3, 0.4) is 0 Å². The van der Waals surface area contributed by atoms with Crippen LogP contribution in [0.2, 0.25) is 0 Å². The van der Waals surface area contributed by atoms with Gasteiger partial charge in [-0.3, -0.25) is 9.88 Å². The molecule has 0 amide bonds. The van der Waals surface area contributed by atoms with Gasteiger partial charge in [0.25, 0.3) is 0 Å². The van der Waals surface area contributed by atoms with Gasteiger partial charge >= 0.3 is 0 Å². The second-order valence-corrected chi connectivity index (χ2v) is 5.84. The van der Waals surface area contributed by atoms with Gasteiger partial charge in [0.1, 0.15) is 0 Å². The fourth-order valence-corrected chi connectivity index (χ4v) is 2.70. The molecule has 2 unspecified atom stereocenters. The van der Waals surface area contributed by atoms with Crippen LogP contribution in [0, 0.1) is 5.92 Å². The van der Waals surface area contributed by atoms with Crippen LogP contribution in [0.15, 0.2) is 24.4 Å². The van der Waals surface area contributed by atoms with Crippen LogP contribution in [0.4, 0.5) is 0 Å². The lowest BCUT2D eigenvalue weighted by atomic mass is 9.99. The van der Waals surface area contributed by atoms with Gasteiger partial charge in [-0.05, 0) is 31.4 Å². The van der Waals surface area contributed by atoms with Gasteiger partial charge in [0, 0.05) is 37.9 Å². The number of piperazine rings is 1. The summed E-state index contributed by atoms with van der Waals surface area (Å²) in [6.07, 6.45) is 3.14. The summed E-state index contributed by atoms with van der Waals surface area (Å²) in [6.45, 7) is 10.1. The number of rotatable bonds is 4. The molecule has 1 fully saturated rings. The zero-order valence-corrected chi connectivity index (χ0v) is 11.8. The zero-order chi connectivity index (χ0) is 13.0. The first-order valence-corrected chi connectivity index (χ1v) is 7.02. The largest absolute Gasteiger partial charge is 0.311 e. The molecule has 0 aromatic carbocycles. The van der Waals surface area contributed by atoms with E-state index in [2.05, 4.69) is 48.1 Å². The molecule has 18 heavy (non-hydrogen) atoms. The first-order chi connectivity index (χ1) is 8.65. The van der Waals surface area contributed by atoms with Gasteiger partial charge in [-0.1, -0.05) is 19.9 Å². The normalized spacial score (nSPS) is 25.6. The number of nitrogens with one attached hydrogen (secondary N) is 1. The standard InChI is InChI=1S/C15H25N3/c1-12(2)8-15-9-17-13(3)10-18(15)11-14-6-4-5-7-16-14/h4-7,12-13,15,17H,8-11H2,1-3H3. The van der Waals surface area contributed by atoms with Gasteiger partial charge in [0.15, 0.2) is 0 Å². The molecule has 2 heterocycles. The molecule has 0 aliphatic carbocycles. The predicted molar refractivity (Wildman–Crippen MR) is 75.4 cm³/mol. The summed E-state index contributed by atoms with van der Waals surface area (Å²) in [5.41, 5.74) is 1.18. The van der Waals surface area contributed by atoms with E-state index in [0.29, 0.717) is 12.1 Å². The van der Waals surface area contributed by atoms with Crippen molar-refractivity contribution in [1.29, 1.82) is 0 Å². The molecule has 1 aromatic heterocycles. The SMILES string of the molecule is CC(C)CC1CNC(C)CN1Cc1ccccn1. The number of hydrogen-bond acceptors (Lipinski definition) is 3. The van der Waals surface area contributed by atoms with E-state index in [1.54, 1.807) is 0 Å². The zero-order valence-electron chi connectivity index (χ0n) is 11.8. The average molecular weight is 247 g/mol. The quantitative estimate of drug-likeness (QED) is 0.885. The van der Waals surface area contributed by atoms with E-state index in [-0.39, 0.29) is 0 Å². The van der Waals surface area contributed by atoms with Crippen molar-refractivity contribution >= 4 is 0 Å². The summed E-state index contributed by atoms with van der Waals surface area (Å²) in [7, 11) is 0. The van der Waals surface area contributed by atoms with Crippen molar-refractivity contribution in [3.63, 3.8) is 0 Å². The topological polar surface area (TPSA) is 28.2 Å². The van der Waals surface area contributed by atoms with Gasteiger partial charge < -0.3 is 5.32 Å². The summed E-state index contributed by atoms with van der Waals surface area (Å²) >= 11 is 0. The Bertz CT molecular complexity index is 350. The molecule has 0 spiro atoms. The second kappa shape index (κ2) is 6.30. The molecule has 3 nitrogen and oxygen atoms in total. The van der Waals surface area contributed by atoms with Crippen molar-refractivity contribution in [2.24, 2.45) is 5.92 Å². The minimum atomic E-state index is 0.581. The van der Waals surface area contributed by atoms with Crippen LogP contribution in [0.25, 0.3) is 0 Å². The van der Waals surface area contributed by atoms with Crippen LogP contribution in [0.5, 0.6) is 0 Å². The monoisotopic (exact) mass is 247 g/mol. The molecular weight excluding hydrogens is 222 g/mol. The predicted octanol–water partition coefficient (Wildman–Crippen LogP) is 2.29. The van der Waals surface area contributed by atoms with E-state index in [9.17, 15) is 0 Å². The molecule has 1 aliphatic heterocycles. The van der Waals surface area contributed by atoms with Crippen LogP contribution >= 0.6 is 0 Å². The van der Waals surface area contributed by atoms with E-state index >= 15 is 0 Å². The molecule has 1 N–H and O–H groups in total. The number of hydrogen-bond donors (Lipinski definition) is 1. The maximum Gasteiger partial charge on any atom is 0.0544 e. The Labute approximate surface area is 111 Å². The van der Waals surface area contributed by atoms with Crippen LogP contribution in [-0.4, -0.2) is 35.1 Å². The fourth-order valence-electron chi connectivity index (χ4n) is 2.70. The Balaban J connectivity index is 2.01. The van der Waals surface area contributed by atoms with Crippen LogP contribution < -0.4 is 5.32 Å². The third-order valence-corrected chi connectivity index (χ3v) is 3.56. The molecule has 1 aromatic rings. The van der Waals surface area contributed by atoms with Crippen molar-refractivity contribution in [2.45, 2.75) is 45.8 Å². The maximum atomic E-state index is 4.45. The van der Waals surface area contributed by atoms with Crippen molar-refractivity contribution in [1.82, 2.24) is 15.2 Å². The maximum absolute atomic E-state index is 4.45. The van der Waals surface area contributed by atoms with Gasteiger partial charge in [-0.25, -0.2) is 0 Å². The molecule has 2 atom stereocenters. The van der Waals surface area contributed by atoms with Crippen molar-refractivity contribution in [3.8, 4) is 0 Å². The highest BCUT2D eigenvalue weighted by atomic mass is 15.2. The number of aromatic nitrogens is 1. The summed E-state index contributed by atoms with van der Waals surface area (Å²) < 4.78 is 0. The van der Waals surface area contributed by atoms with E-state index in [0.717, 1.165) is 25.6 Å². The third-order valence-electron chi connectivity index (χ3n) is 3.56. The Morgan fingerprint density at radius 1 is 1.44 bits per heavy atom. The van der Waals surface area contributed by atoms with Gasteiger partial charge in [-0.15, -0.1) is 0 Å². The molecule has 0 radical (unpaired) electrons. The van der Waals surface area contributed by atoms with Crippen LogP contribution in [-0.2, 0) is 6.54 Å². The number of pyridine rings is 1. The summed E-state index contributed by atoms with van der Waals surface area (Å²) in [5, 5.41) is 3.59. The smallest absolute Gasteiger partial charge is 0.0544 e. The molecule has 0 bridgehead atoms. The highest BCUT2D eigenvalue weighted by Crippen LogP contribution is 2.17. The molecule has 1 aliphatic rings. The fraction of sp³-hybridized carbons (Fsp3) is 0.667. The minimum absolute atomic E-state index is 0.581. The molecule has 0 saturated carbocycles. The van der Waals surface area contributed by atoms with Gasteiger partial charge in [0.2, 0.25) is 0 Å². The lowest BCUT2D eigenvalue weighted by Crippen LogP contribution is -2.55. The summed E-state index contributed by atoms with van der Waals surface area (Å²) in [6, 6.07) is 7.40. The Hall–Kier alpha value is -0.930. The first kappa shape index (κ1) is 13.5. The number of nitrogens with zero attached hydrogens (tertiary/aromatic N) is 2.